The van der Waals surface area contributed by atoms with Crippen molar-refractivity contribution >= 4 is 69.1 Å². The topological polar surface area (TPSA) is 0 Å². The first kappa shape index (κ1) is 11.1. The molecule has 2 aromatic rings. The van der Waals surface area contributed by atoms with Crippen LogP contribution in [0.1, 0.15) is 0 Å². The standard InChI is InChI=1S/C8H2Cl4S2/c9-3-1-13-7(5(3)11)8-6(12)4(10)2-14-8/h1-2H. The van der Waals surface area contributed by atoms with Crippen molar-refractivity contribution in [2.75, 3.05) is 0 Å². The van der Waals surface area contributed by atoms with Crippen molar-refractivity contribution in [2.45, 2.75) is 0 Å². The van der Waals surface area contributed by atoms with Crippen molar-refractivity contribution in [3.05, 3.63) is 30.9 Å². The molecule has 0 N–H and O–H groups in total. The van der Waals surface area contributed by atoms with Gasteiger partial charge in [0.1, 0.15) is 0 Å². The Hall–Kier alpha value is 0.560. The van der Waals surface area contributed by atoms with Crippen molar-refractivity contribution in [1.29, 1.82) is 0 Å². The summed E-state index contributed by atoms with van der Waals surface area (Å²) < 4.78 is 0. The summed E-state index contributed by atoms with van der Waals surface area (Å²) in [6, 6.07) is 0. The maximum atomic E-state index is 6.01. The molecule has 0 radical (unpaired) electrons. The van der Waals surface area contributed by atoms with Crippen molar-refractivity contribution < 1.29 is 0 Å². The molecular formula is C8H2Cl4S2. The van der Waals surface area contributed by atoms with Crippen LogP contribution in [0.4, 0.5) is 0 Å². The quantitative estimate of drug-likeness (QED) is 0.598. The van der Waals surface area contributed by atoms with Gasteiger partial charge in [-0.2, -0.15) is 0 Å². The molecule has 0 atom stereocenters. The predicted molar refractivity (Wildman–Crippen MR) is 67.7 cm³/mol. The van der Waals surface area contributed by atoms with Crippen LogP contribution >= 0.6 is 69.1 Å². The maximum Gasteiger partial charge on any atom is 0.0787 e. The summed E-state index contributed by atoms with van der Waals surface area (Å²) >= 11 is 26.6. The molecule has 2 heterocycles. The molecule has 6 heteroatoms. The van der Waals surface area contributed by atoms with E-state index in [1.54, 1.807) is 10.8 Å². The zero-order valence-electron chi connectivity index (χ0n) is 6.48. The Labute approximate surface area is 109 Å². The van der Waals surface area contributed by atoms with Gasteiger partial charge in [0.15, 0.2) is 0 Å². The molecule has 0 aliphatic carbocycles. The summed E-state index contributed by atoms with van der Waals surface area (Å²) in [7, 11) is 0. The minimum absolute atomic E-state index is 0.539. The second kappa shape index (κ2) is 4.20. The monoisotopic (exact) mass is 302 g/mol. The third-order valence-electron chi connectivity index (χ3n) is 1.58. The Morgan fingerprint density at radius 1 is 0.714 bits per heavy atom. The molecule has 0 unspecified atom stereocenters. The van der Waals surface area contributed by atoms with Gasteiger partial charge in [0.2, 0.25) is 0 Å². The lowest BCUT2D eigenvalue weighted by Crippen LogP contribution is -1.66. The zero-order chi connectivity index (χ0) is 10.3. The largest absolute Gasteiger partial charge is 0.140 e. The van der Waals surface area contributed by atoms with E-state index in [1.807, 2.05) is 0 Å². The van der Waals surface area contributed by atoms with Crippen LogP contribution in [0.15, 0.2) is 10.8 Å². The lowest BCUT2D eigenvalue weighted by molar-refractivity contribution is 1.91. The van der Waals surface area contributed by atoms with Crippen LogP contribution in [0.2, 0.25) is 20.1 Å². The summed E-state index contributed by atoms with van der Waals surface area (Å²) in [5.74, 6) is 0. The molecule has 2 aromatic heterocycles. The van der Waals surface area contributed by atoms with E-state index in [1.165, 1.54) is 22.7 Å². The van der Waals surface area contributed by atoms with Crippen molar-refractivity contribution in [1.82, 2.24) is 0 Å². The highest BCUT2D eigenvalue weighted by Gasteiger charge is 2.16. The number of thiophene rings is 2. The lowest BCUT2D eigenvalue weighted by Gasteiger charge is -1.94. The average molecular weight is 304 g/mol. The molecule has 0 saturated carbocycles. The minimum atomic E-state index is 0.539. The molecule has 2 rings (SSSR count). The normalized spacial score (nSPS) is 10.9. The molecule has 14 heavy (non-hydrogen) atoms. The van der Waals surface area contributed by atoms with Crippen LogP contribution in [0.5, 0.6) is 0 Å². The summed E-state index contributed by atoms with van der Waals surface area (Å²) in [5, 5.41) is 5.74. The fraction of sp³-hybridized carbons (Fsp3) is 0. The van der Waals surface area contributed by atoms with Gasteiger partial charge in [-0.25, -0.2) is 0 Å². The molecule has 74 valence electrons. The van der Waals surface area contributed by atoms with Crippen molar-refractivity contribution in [3.8, 4) is 9.75 Å². The van der Waals surface area contributed by atoms with E-state index in [2.05, 4.69) is 0 Å². The third kappa shape index (κ3) is 1.80. The molecule has 0 aliphatic rings. The molecule has 0 bridgehead atoms. The molecule has 0 spiro atoms. The summed E-state index contributed by atoms with van der Waals surface area (Å²) in [4.78, 5) is 1.75. The fourth-order valence-corrected chi connectivity index (χ4v) is 4.14. The number of hydrogen-bond acceptors (Lipinski definition) is 2. The molecule has 0 nitrogen and oxygen atoms in total. The van der Waals surface area contributed by atoms with E-state index in [4.69, 9.17) is 46.4 Å². The number of hydrogen-bond donors (Lipinski definition) is 0. The van der Waals surface area contributed by atoms with Crippen LogP contribution in [0.3, 0.4) is 0 Å². The van der Waals surface area contributed by atoms with Gasteiger partial charge in [-0.15, -0.1) is 22.7 Å². The average Bonchev–Trinajstić information content (AvgIpc) is 2.63. The molecular weight excluding hydrogens is 302 g/mol. The Balaban J connectivity index is 2.60. The van der Waals surface area contributed by atoms with Crippen molar-refractivity contribution in [3.63, 3.8) is 0 Å². The van der Waals surface area contributed by atoms with Gasteiger partial charge in [0.05, 0.1) is 29.8 Å². The van der Waals surface area contributed by atoms with E-state index < -0.39 is 0 Å². The van der Waals surface area contributed by atoms with E-state index in [0.717, 1.165) is 9.75 Å². The second-order valence-corrected chi connectivity index (χ2v) is 5.78. The highest BCUT2D eigenvalue weighted by atomic mass is 35.5. The Morgan fingerprint density at radius 3 is 1.29 bits per heavy atom. The highest BCUT2D eigenvalue weighted by Crippen LogP contribution is 2.47. The van der Waals surface area contributed by atoms with Gasteiger partial charge in [-0.3, -0.25) is 0 Å². The minimum Gasteiger partial charge on any atom is -0.140 e. The van der Waals surface area contributed by atoms with Gasteiger partial charge >= 0.3 is 0 Å². The third-order valence-corrected chi connectivity index (χ3v) is 5.77. The molecule has 0 aliphatic heterocycles. The van der Waals surface area contributed by atoms with E-state index >= 15 is 0 Å². The summed E-state index contributed by atoms with van der Waals surface area (Å²) in [5.41, 5.74) is 0. The number of halogens is 4. The fourth-order valence-electron chi connectivity index (χ4n) is 0.952. The van der Waals surface area contributed by atoms with Crippen LogP contribution in [-0.2, 0) is 0 Å². The van der Waals surface area contributed by atoms with Crippen LogP contribution in [0.25, 0.3) is 9.75 Å². The number of rotatable bonds is 1. The van der Waals surface area contributed by atoms with E-state index in [0.29, 0.717) is 20.1 Å². The van der Waals surface area contributed by atoms with E-state index in [-0.39, 0.29) is 0 Å². The molecule has 0 fully saturated rings. The van der Waals surface area contributed by atoms with Crippen LogP contribution in [-0.4, -0.2) is 0 Å². The smallest absolute Gasteiger partial charge is 0.0787 e. The SMILES string of the molecule is Clc1csc(-c2scc(Cl)c2Cl)c1Cl. The predicted octanol–water partition coefficient (Wildman–Crippen LogP) is 6.09. The molecule has 0 saturated heterocycles. The first-order valence-electron chi connectivity index (χ1n) is 3.46. The van der Waals surface area contributed by atoms with Crippen molar-refractivity contribution in [2.24, 2.45) is 0 Å². The first-order valence-corrected chi connectivity index (χ1v) is 6.73. The van der Waals surface area contributed by atoms with E-state index in [9.17, 15) is 0 Å². The molecule has 0 aromatic carbocycles. The van der Waals surface area contributed by atoms with Crippen LogP contribution in [0, 0.1) is 0 Å². The Bertz CT molecular complexity index is 427. The van der Waals surface area contributed by atoms with Gasteiger partial charge in [-0.1, -0.05) is 46.4 Å². The first-order chi connectivity index (χ1) is 6.61. The highest BCUT2D eigenvalue weighted by molar-refractivity contribution is 7.22. The summed E-state index contributed by atoms with van der Waals surface area (Å²) in [6.07, 6.45) is 0. The molecule has 0 amide bonds. The van der Waals surface area contributed by atoms with Gasteiger partial charge in [0.25, 0.3) is 0 Å². The van der Waals surface area contributed by atoms with Gasteiger partial charge in [-0.05, 0) is 0 Å². The Kier molecular flexibility index (Phi) is 3.32. The van der Waals surface area contributed by atoms with Gasteiger partial charge < -0.3 is 0 Å². The maximum absolute atomic E-state index is 6.01. The summed E-state index contributed by atoms with van der Waals surface area (Å²) in [6.45, 7) is 0. The van der Waals surface area contributed by atoms with Gasteiger partial charge in [0, 0.05) is 10.8 Å². The Morgan fingerprint density at radius 2 is 1.07 bits per heavy atom. The zero-order valence-corrected chi connectivity index (χ0v) is 11.1. The lowest BCUT2D eigenvalue weighted by atomic mass is 10.4. The second-order valence-electron chi connectivity index (χ2n) is 2.45. The van der Waals surface area contributed by atoms with Crippen LogP contribution < -0.4 is 0 Å².